The molecule has 2 amide bonds. The number of hydrogen-bond donors (Lipinski definition) is 2. The summed E-state index contributed by atoms with van der Waals surface area (Å²) in [6.45, 7) is 1.43. The van der Waals surface area contributed by atoms with Crippen LogP contribution in [-0.2, 0) is 4.79 Å². The lowest BCUT2D eigenvalue weighted by Gasteiger charge is -2.20. The average Bonchev–Trinajstić information content (AvgIpc) is 2.36. The van der Waals surface area contributed by atoms with Gasteiger partial charge in [0.05, 0.1) is 16.7 Å². The zero-order valence-electron chi connectivity index (χ0n) is 11.2. The van der Waals surface area contributed by atoms with Crippen molar-refractivity contribution >= 4 is 23.4 Å². The number of non-ortho nitro benzene ring substituents is 1. The number of carboxylic acids is 1. The number of halogens is 1. The van der Waals surface area contributed by atoms with Gasteiger partial charge in [-0.15, -0.1) is 0 Å². The Morgan fingerprint density at radius 3 is 2.62 bits per heavy atom. The van der Waals surface area contributed by atoms with Crippen molar-refractivity contribution in [3.05, 3.63) is 34.1 Å². The Bertz CT molecular complexity index is 564. The minimum atomic E-state index is -1.19. The molecule has 0 aliphatic rings. The molecule has 114 valence electrons. The van der Waals surface area contributed by atoms with E-state index in [4.69, 9.17) is 5.11 Å². The van der Waals surface area contributed by atoms with Gasteiger partial charge in [-0.25, -0.2) is 9.18 Å². The highest BCUT2D eigenvalue weighted by atomic mass is 19.1. The second kappa shape index (κ2) is 7.17. The van der Waals surface area contributed by atoms with E-state index >= 15 is 0 Å². The van der Waals surface area contributed by atoms with Gasteiger partial charge in [-0.2, -0.15) is 0 Å². The summed E-state index contributed by atoms with van der Waals surface area (Å²) in [7, 11) is 0. The molecule has 0 heterocycles. The molecule has 0 aromatic heterocycles. The quantitative estimate of drug-likeness (QED) is 0.616. The van der Waals surface area contributed by atoms with Gasteiger partial charge in [0.25, 0.3) is 5.69 Å². The van der Waals surface area contributed by atoms with Crippen LogP contribution in [0.5, 0.6) is 0 Å². The topological polar surface area (TPSA) is 113 Å². The maximum atomic E-state index is 13.2. The number of benzene rings is 1. The van der Waals surface area contributed by atoms with Crippen molar-refractivity contribution in [2.75, 3.05) is 18.4 Å². The summed E-state index contributed by atoms with van der Waals surface area (Å²) in [5, 5.41) is 21.6. The van der Waals surface area contributed by atoms with Crippen LogP contribution in [0.15, 0.2) is 18.2 Å². The molecular formula is C12H14FN3O5. The normalized spacial score (nSPS) is 10.0. The van der Waals surface area contributed by atoms with Crippen LogP contribution in [0.3, 0.4) is 0 Å². The van der Waals surface area contributed by atoms with Crippen LogP contribution in [-0.4, -0.2) is 40.0 Å². The van der Waals surface area contributed by atoms with E-state index in [0.29, 0.717) is 6.42 Å². The number of hydrogen-bond acceptors (Lipinski definition) is 4. The second-order valence-electron chi connectivity index (χ2n) is 4.20. The molecule has 0 spiro atoms. The number of nitro benzene ring substituents is 1. The Balaban J connectivity index is 2.90. The van der Waals surface area contributed by atoms with E-state index in [0.717, 1.165) is 23.1 Å². The molecule has 8 nitrogen and oxygen atoms in total. The Hall–Kier alpha value is -2.71. The number of nitrogens with one attached hydrogen (secondary N) is 1. The van der Waals surface area contributed by atoms with Gasteiger partial charge in [-0.05, 0) is 12.5 Å². The van der Waals surface area contributed by atoms with Crippen molar-refractivity contribution in [3.63, 3.8) is 0 Å². The van der Waals surface area contributed by atoms with Gasteiger partial charge >= 0.3 is 12.0 Å². The highest BCUT2D eigenvalue weighted by molar-refractivity contribution is 5.91. The van der Waals surface area contributed by atoms with Crippen molar-refractivity contribution in [1.82, 2.24) is 4.90 Å². The molecule has 2 N–H and O–H groups in total. The van der Waals surface area contributed by atoms with E-state index in [1.165, 1.54) is 0 Å². The molecule has 0 saturated heterocycles. The lowest BCUT2D eigenvalue weighted by atomic mass is 10.2. The van der Waals surface area contributed by atoms with E-state index in [-0.39, 0.29) is 12.2 Å². The van der Waals surface area contributed by atoms with Crippen molar-refractivity contribution in [2.45, 2.75) is 13.3 Å². The molecule has 0 fully saturated rings. The standard InChI is InChI=1S/C12H14FN3O5/c1-2-3-15(7-11(17)18)12(19)14-9-4-8(13)5-10(6-9)16(20)21/h4-6H,2-3,7H2,1H3,(H,14,19)(H,17,18). The summed E-state index contributed by atoms with van der Waals surface area (Å²) in [4.78, 5) is 33.4. The molecule has 0 aliphatic carbocycles. The van der Waals surface area contributed by atoms with E-state index in [9.17, 15) is 24.1 Å². The first-order chi connectivity index (χ1) is 9.83. The third kappa shape index (κ3) is 5.05. The third-order valence-corrected chi connectivity index (χ3v) is 2.45. The monoisotopic (exact) mass is 299 g/mol. The predicted molar refractivity (Wildman–Crippen MR) is 71.6 cm³/mol. The highest BCUT2D eigenvalue weighted by Crippen LogP contribution is 2.20. The largest absolute Gasteiger partial charge is 0.480 e. The van der Waals surface area contributed by atoms with Gasteiger partial charge < -0.3 is 15.3 Å². The molecule has 1 aromatic rings. The lowest BCUT2D eigenvalue weighted by Crippen LogP contribution is -2.39. The van der Waals surface area contributed by atoms with Crippen molar-refractivity contribution in [2.24, 2.45) is 0 Å². The molecule has 9 heteroatoms. The van der Waals surface area contributed by atoms with Crippen LogP contribution in [0.4, 0.5) is 20.6 Å². The summed E-state index contributed by atoms with van der Waals surface area (Å²) in [5.41, 5.74) is -0.622. The number of nitro groups is 1. The molecule has 0 bridgehead atoms. The smallest absolute Gasteiger partial charge is 0.323 e. The number of carbonyl (C=O) groups is 2. The Labute approximate surface area is 119 Å². The molecule has 0 atom stereocenters. The molecule has 1 aromatic carbocycles. The fourth-order valence-corrected chi connectivity index (χ4v) is 1.64. The summed E-state index contributed by atoms with van der Waals surface area (Å²) < 4.78 is 13.2. The Morgan fingerprint density at radius 2 is 2.10 bits per heavy atom. The van der Waals surface area contributed by atoms with Crippen LogP contribution in [0.25, 0.3) is 0 Å². The van der Waals surface area contributed by atoms with Gasteiger partial charge in [0.2, 0.25) is 0 Å². The van der Waals surface area contributed by atoms with Crippen LogP contribution < -0.4 is 5.32 Å². The summed E-state index contributed by atoms with van der Waals surface area (Å²) in [6, 6.07) is 1.86. The van der Waals surface area contributed by atoms with Gasteiger partial charge in [-0.1, -0.05) is 6.92 Å². The van der Waals surface area contributed by atoms with Gasteiger partial charge in [0, 0.05) is 12.6 Å². The number of urea groups is 1. The number of anilines is 1. The van der Waals surface area contributed by atoms with Crippen molar-refractivity contribution in [3.8, 4) is 0 Å². The van der Waals surface area contributed by atoms with Gasteiger partial charge in [-0.3, -0.25) is 14.9 Å². The number of carboxylic acid groups (broad SMARTS) is 1. The molecule has 1 rings (SSSR count). The van der Waals surface area contributed by atoms with E-state index < -0.39 is 35.0 Å². The van der Waals surface area contributed by atoms with Crippen molar-refractivity contribution < 1.29 is 24.0 Å². The molecule has 0 unspecified atom stereocenters. The number of amides is 2. The summed E-state index contributed by atoms with van der Waals surface area (Å²) in [5.74, 6) is -2.07. The molecule has 0 radical (unpaired) electrons. The summed E-state index contributed by atoms with van der Waals surface area (Å²) in [6.07, 6.45) is 0.532. The zero-order chi connectivity index (χ0) is 16.0. The number of carbonyl (C=O) groups excluding carboxylic acids is 1. The summed E-state index contributed by atoms with van der Waals surface area (Å²) >= 11 is 0. The number of aliphatic carboxylic acids is 1. The first-order valence-corrected chi connectivity index (χ1v) is 6.06. The number of rotatable bonds is 6. The third-order valence-electron chi connectivity index (χ3n) is 2.45. The molecular weight excluding hydrogens is 285 g/mol. The minimum absolute atomic E-state index is 0.113. The van der Waals surface area contributed by atoms with Crippen molar-refractivity contribution in [1.29, 1.82) is 0 Å². The molecule has 21 heavy (non-hydrogen) atoms. The number of nitrogens with zero attached hydrogens (tertiary/aromatic N) is 2. The van der Waals surface area contributed by atoms with E-state index in [1.807, 2.05) is 0 Å². The van der Waals surface area contributed by atoms with Crippen LogP contribution in [0.2, 0.25) is 0 Å². The highest BCUT2D eigenvalue weighted by Gasteiger charge is 2.17. The first kappa shape index (κ1) is 16.3. The van der Waals surface area contributed by atoms with Gasteiger partial charge in [0.15, 0.2) is 0 Å². The van der Waals surface area contributed by atoms with Crippen LogP contribution >= 0.6 is 0 Å². The second-order valence-corrected chi connectivity index (χ2v) is 4.20. The predicted octanol–water partition coefficient (Wildman–Crippen LogP) is 2.06. The van der Waals surface area contributed by atoms with Crippen LogP contribution in [0, 0.1) is 15.9 Å². The van der Waals surface area contributed by atoms with E-state index in [1.54, 1.807) is 6.92 Å². The lowest BCUT2D eigenvalue weighted by molar-refractivity contribution is -0.385. The van der Waals surface area contributed by atoms with Crippen LogP contribution in [0.1, 0.15) is 13.3 Å². The van der Waals surface area contributed by atoms with Gasteiger partial charge in [0.1, 0.15) is 12.4 Å². The Kier molecular flexibility index (Phi) is 5.58. The Morgan fingerprint density at radius 1 is 1.43 bits per heavy atom. The fourth-order valence-electron chi connectivity index (χ4n) is 1.64. The maximum Gasteiger partial charge on any atom is 0.323 e. The first-order valence-electron chi connectivity index (χ1n) is 6.06. The average molecular weight is 299 g/mol. The van der Waals surface area contributed by atoms with E-state index in [2.05, 4.69) is 5.32 Å². The maximum absolute atomic E-state index is 13.2. The molecule has 0 saturated carbocycles. The SMILES string of the molecule is CCCN(CC(=O)O)C(=O)Nc1cc(F)cc([N+](=O)[O-])c1. The zero-order valence-corrected chi connectivity index (χ0v) is 11.2. The minimum Gasteiger partial charge on any atom is -0.480 e. The fraction of sp³-hybridized carbons (Fsp3) is 0.333. The molecule has 0 aliphatic heterocycles.